The number of anilines is 1. The molecule has 0 spiro atoms. The van der Waals surface area contributed by atoms with Crippen LogP contribution in [-0.2, 0) is 32.6 Å². The summed E-state index contributed by atoms with van der Waals surface area (Å²) in [5, 5.41) is 3.67. The van der Waals surface area contributed by atoms with Crippen LogP contribution >= 0.6 is 23.2 Å². The number of hydrogen-bond donors (Lipinski definition) is 1. The summed E-state index contributed by atoms with van der Waals surface area (Å²) in [4.78, 5) is 27.8. The Morgan fingerprint density at radius 3 is 2.17 bits per heavy atom. The second-order valence-electron chi connectivity index (χ2n) is 8.54. The first-order valence-corrected chi connectivity index (χ1v) is 14.1. The minimum Gasteiger partial charge on any atom is -0.352 e. The molecule has 1 N–H and O–H groups in total. The molecule has 2 amide bonds. The minimum absolute atomic E-state index is 0.0102. The van der Waals surface area contributed by atoms with Crippen molar-refractivity contribution < 1.29 is 18.0 Å². The minimum atomic E-state index is -3.78. The number of halogens is 2. The van der Waals surface area contributed by atoms with E-state index in [-0.39, 0.29) is 18.5 Å². The fraction of sp³-hybridized carbons (Fsp3) is 0.440. The Labute approximate surface area is 218 Å². The summed E-state index contributed by atoms with van der Waals surface area (Å²) in [7, 11) is -3.78. The average molecular weight is 543 g/mol. The van der Waals surface area contributed by atoms with E-state index in [1.165, 1.54) is 4.90 Å². The summed E-state index contributed by atoms with van der Waals surface area (Å²) < 4.78 is 26.3. The lowest BCUT2D eigenvalue weighted by molar-refractivity contribution is -0.139. The number of rotatable bonds is 11. The Bertz CT molecular complexity index is 1140. The molecule has 0 aromatic heterocycles. The summed E-state index contributed by atoms with van der Waals surface area (Å²) in [6.45, 7) is 6.98. The maximum Gasteiger partial charge on any atom is 0.244 e. The lowest BCUT2D eigenvalue weighted by Crippen LogP contribution is -2.52. The van der Waals surface area contributed by atoms with Crippen molar-refractivity contribution in [1.29, 1.82) is 0 Å². The molecule has 2 atom stereocenters. The molecule has 192 valence electrons. The number of benzene rings is 2. The van der Waals surface area contributed by atoms with Crippen molar-refractivity contribution >= 4 is 50.7 Å². The fourth-order valence-corrected chi connectivity index (χ4v) is 4.71. The number of carbonyl (C=O) groups excluding carboxylic acids is 2. The van der Waals surface area contributed by atoms with Gasteiger partial charge in [0.15, 0.2) is 0 Å². The highest BCUT2D eigenvalue weighted by atomic mass is 35.5. The molecule has 0 unspecified atom stereocenters. The summed E-state index contributed by atoms with van der Waals surface area (Å²) in [5.41, 5.74) is 2.01. The lowest BCUT2D eigenvalue weighted by atomic mass is 10.1. The molecule has 0 heterocycles. The average Bonchev–Trinajstić information content (AvgIpc) is 2.80. The SMILES string of the molecule is CCc1ccc(N(CC(=O)N(Cc2ccc(Cl)cc2Cl)[C@H](C)C(=O)N[C@@H](C)CC)S(C)(=O)=O)cc1. The van der Waals surface area contributed by atoms with E-state index in [2.05, 4.69) is 5.32 Å². The van der Waals surface area contributed by atoms with E-state index in [9.17, 15) is 18.0 Å². The van der Waals surface area contributed by atoms with Gasteiger partial charge in [-0.3, -0.25) is 13.9 Å². The van der Waals surface area contributed by atoms with Crippen LogP contribution in [0, 0.1) is 0 Å². The zero-order valence-corrected chi connectivity index (χ0v) is 23.0. The van der Waals surface area contributed by atoms with Gasteiger partial charge in [0.05, 0.1) is 11.9 Å². The molecule has 7 nitrogen and oxygen atoms in total. The van der Waals surface area contributed by atoms with Gasteiger partial charge in [-0.25, -0.2) is 8.42 Å². The van der Waals surface area contributed by atoms with Crippen LogP contribution in [0.4, 0.5) is 5.69 Å². The van der Waals surface area contributed by atoms with Crippen LogP contribution in [-0.4, -0.2) is 50.0 Å². The molecular formula is C25H33Cl2N3O4S. The van der Waals surface area contributed by atoms with Gasteiger partial charge in [0.2, 0.25) is 21.8 Å². The summed E-state index contributed by atoms with van der Waals surface area (Å²) in [6, 6.07) is 10.9. The molecule has 0 aliphatic carbocycles. The number of carbonyl (C=O) groups is 2. The summed E-state index contributed by atoms with van der Waals surface area (Å²) in [6.07, 6.45) is 2.58. The van der Waals surface area contributed by atoms with E-state index in [1.807, 2.05) is 32.9 Å². The number of amides is 2. The summed E-state index contributed by atoms with van der Waals surface area (Å²) >= 11 is 12.4. The van der Waals surface area contributed by atoms with Crippen LogP contribution in [0.5, 0.6) is 0 Å². The number of nitrogens with zero attached hydrogens (tertiary/aromatic N) is 2. The van der Waals surface area contributed by atoms with E-state index in [0.717, 1.165) is 29.0 Å². The molecule has 2 aromatic carbocycles. The van der Waals surface area contributed by atoms with Gasteiger partial charge >= 0.3 is 0 Å². The van der Waals surface area contributed by atoms with E-state index in [1.54, 1.807) is 37.3 Å². The molecule has 0 radical (unpaired) electrons. The van der Waals surface area contributed by atoms with Crippen molar-refractivity contribution in [2.24, 2.45) is 0 Å². The number of sulfonamides is 1. The van der Waals surface area contributed by atoms with Gasteiger partial charge in [-0.2, -0.15) is 0 Å². The van der Waals surface area contributed by atoms with Crippen molar-refractivity contribution in [3.8, 4) is 0 Å². The Balaban J connectivity index is 2.41. The predicted molar refractivity (Wildman–Crippen MR) is 142 cm³/mol. The van der Waals surface area contributed by atoms with Gasteiger partial charge in [0.1, 0.15) is 12.6 Å². The van der Waals surface area contributed by atoms with Gasteiger partial charge < -0.3 is 10.2 Å². The second kappa shape index (κ2) is 12.6. The first-order valence-electron chi connectivity index (χ1n) is 11.5. The predicted octanol–water partition coefficient (Wildman–Crippen LogP) is 4.65. The third-order valence-electron chi connectivity index (χ3n) is 5.84. The smallest absolute Gasteiger partial charge is 0.244 e. The number of hydrogen-bond acceptors (Lipinski definition) is 4. The highest BCUT2D eigenvalue weighted by Crippen LogP contribution is 2.24. The third-order valence-corrected chi connectivity index (χ3v) is 7.56. The topological polar surface area (TPSA) is 86.8 Å². The quantitative estimate of drug-likeness (QED) is 0.448. The van der Waals surface area contributed by atoms with Gasteiger partial charge in [-0.1, -0.05) is 55.2 Å². The standard InChI is InChI=1S/C25H33Cl2N3O4S/c1-6-17(3)28-25(32)18(4)29(15-20-10-11-21(26)14-23(20)27)24(31)16-30(35(5,33)34)22-12-8-19(7-2)9-13-22/h8-14,17-18H,6-7,15-16H2,1-5H3,(H,28,32)/t17-,18+/m0/s1. The van der Waals surface area contributed by atoms with Gasteiger partial charge in [0, 0.05) is 22.6 Å². The third kappa shape index (κ3) is 8.12. The molecule has 2 rings (SSSR count). The Hall–Kier alpha value is -2.29. The van der Waals surface area contributed by atoms with Crippen molar-refractivity contribution in [3.05, 3.63) is 63.6 Å². The van der Waals surface area contributed by atoms with Crippen LogP contribution in [0.15, 0.2) is 42.5 Å². The monoisotopic (exact) mass is 541 g/mol. The molecule has 0 bridgehead atoms. The van der Waals surface area contributed by atoms with Gasteiger partial charge in [-0.05, 0) is 62.1 Å². The number of nitrogens with one attached hydrogen (secondary N) is 1. The number of aryl methyl sites for hydroxylation is 1. The van der Waals surface area contributed by atoms with Crippen LogP contribution in [0.25, 0.3) is 0 Å². The van der Waals surface area contributed by atoms with Gasteiger partial charge in [-0.15, -0.1) is 0 Å². The Morgan fingerprint density at radius 2 is 1.66 bits per heavy atom. The maximum atomic E-state index is 13.6. The Morgan fingerprint density at radius 1 is 1.03 bits per heavy atom. The van der Waals surface area contributed by atoms with Crippen molar-refractivity contribution in [2.75, 3.05) is 17.1 Å². The molecule has 0 aliphatic heterocycles. The van der Waals surface area contributed by atoms with Crippen molar-refractivity contribution in [2.45, 2.75) is 59.2 Å². The molecule has 10 heteroatoms. The maximum absolute atomic E-state index is 13.6. The van der Waals surface area contributed by atoms with Crippen LogP contribution in [0.2, 0.25) is 10.0 Å². The highest BCUT2D eigenvalue weighted by Gasteiger charge is 2.30. The van der Waals surface area contributed by atoms with E-state index in [0.29, 0.717) is 21.3 Å². The normalized spacial score (nSPS) is 13.1. The molecule has 0 saturated carbocycles. The van der Waals surface area contributed by atoms with Crippen molar-refractivity contribution in [3.63, 3.8) is 0 Å². The summed E-state index contributed by atoms with van der Waals surface area (Å²) in [5.74, 6) is -0.871. The molecular weight excluding hydrogens is 509 g/mol. The zero-order chi connectivity index (χ0) is 26.3. The van der Waals surface area contributed by atoms with E-state index in [4.69, 9.17) is 23.2 Å². The van der Waals surface area contributed by atoms with Crippen LogP contribution in [0.1, 0.15) is 45.2 Å². The largest absolute Gasteiger partial charge is 0.352 e. The second-order valence-corrected chi connectivity index (χ2v) is 11.3. The van der Waals surface area contributed by atoms with Crippen LogP contribution < -0.4 is 9.62 Å². The zero-order valence-electron chi connectivity index (χ0n) is 20.7. The first-order chi connectivity index (χ1) is 16.4. The van der Waals surface area contributed by atoms with Crippen LogP contribution in [0.3, 0.4) is 0 Å². The molecule has 0 fully saturated rings. The molecule has 0 saturated heterocycles. The van der Waals surface area contributed by atoms with E-state index < -0.39 is 28.5 Å². The highest BCUT2D eigenvalue weighted by molar-refractivity contribution is 7.92. The molecule has 0 aliphatic rings. The fourth-order valence-electron chi connectivity index (χ4n) is 3.39. The lowest BCUT2D eigenvalue weighted by Gasteiger charge is -2.32. The van der Waals surface area contributed by atoms with Crippen molar-refractivity contribution in [1.82, 2.24) is 10.2 Å². The van der Waals surface area contributed by atoms with Gasteiger partial charge in [0.25, 0.3) is 0 Å². The Kier molecular flexibility index (Phi) is 10.4. The molecule has 35 heavy (non-hydrogen) atoms. The molecule has 2 aromatic rings. The van der Waals surface area contributed by atoms with E-state index >= 15 is 0 Å². The first kappa shape index (κ1) is 28.9.